The van der Waals surface area contributed by atoms with Crippen molar-refractivity contribution in [1.29, 1.82) is 0 Å². The van der Waals surface area contributed by atoms with Crippen molar-refractivity contribution in [3.63, 3.8) is 0 Å². The van der Waals surface area contributed by atoms with Gasteiger partial charge in [-0.1, -0.05) is 35.9 Å². The number of hydrogen-bond donors (Lipinski definition) is 1. The number of nitrogens with one attached hydrogen (secondary N) is 1. The molecular weight excluding hydrogens is 334 g/mol. The van der Waals surface area contributed by atoms with Gasteiger partial charge in [0.25, 0.3) is 5.91 Å². The first kappa shape index (κ1) is 16.1. The van der Waals surface area contributed by atoms with Crippen molar-refractivity contribution in [2.45, 2.75) is 6.10 Å². The van der Waals surface area contributed by atoms with E-state index in [4.69, 9.17) is 25.8 Å². The molecule has 2 aromatic carbocycles. The Bertz CT molecular complexity index is 764. The van der Waals surface area contributed by atoms with Gasteiger partial charge in [-0.25, -0.2) is 4.79 Å². The van der Waals surface area contributed by atoms with Crippen molar-refractivity contribution in [2.75, 3.05) is 18.5 Å². The van der Waals surface area contributed by atoms with Gasteiger partial charge in [0.15, 0.2) is 18.1 Å². The molecular formula is C17H14ClNO5. The zero-order valence-electron chi connectivity index (χ0n) is 12.5. The molecule has 0 radical (unpaired) electrons. The molecule has 0 saturated carbocycles. The van der Waals surface area contributed by atoms with Crippen molar-refractivity contribution < 1.29 is 23.8 Å². The van der Waals surface area contributed by atoms with Crippen LogP contribution in [0.5, 0.6) is 11.5 Å². The van der Waals surface area contributed by atoms with Gasteiger partial charge in [0.05, 0.1) is 10.7 Å². The van der Waals surface area contributed by atoms with Crippen LogP contribution in [0.4, 0.5) is 5.69 Å². The van der Waals surface area contributed by atoms with Crippen molar-refractivity contribution in [2.24, 2.45) is 0 Å². The van der Waals surface area contributed by atoms with Gasteiger partial charge in [-0.3, -0.25) is 4.79 Å². The number of esters is 1. The quantitative estimate of drug-likeness (QED) is 0.861. The Labute approximate surface area is 143 Å². The average molecular weight is 348 g/mol. The lowest BCUT2D eigenvalue weighted by Gasteiger charge is -2.24. The van der Waals surface area contributed by atoms with Crippen molar-refractivity contribution in [1.82, 2.24) is 0 Å². The van der Waals surface area contributed by atoms with Gasteiger partial charge in [-0.15, -0.1) is 0 Å². The number of amides is 1. The largest absolute Gasteiger partial charge is 0.485 e. The van der Waals surface area contributed by atoms with E-state index in [-0.39, 0.29) is 6.61 Å². The molecule has 1 heterocycles. The number of ether oxygens (including phenoxy) is 3. The number of fused-ring (bicyclic) bond motifs is 1. The lowest BCUT2D eigenvalue weighted by atomic mass is 10.2. The first-order chi connectivity index (χ1) is 11.6. The van der Waals surface area contributed by atoms with Gasteiger partial charge in [-0.2, -0.15) is 0 Å². The Morgan fingerprint density at radius 2 is 1.83 bits per heavy atom. The van der Waals surface area contributed by atoms with Crippen LogP contribution in [0, 0.1) is 0 Å². The summed E-state index contributed by atoms with van der Waals surface area (Å²) in [6.07, 6.45) is -0.909. The molecule has 124 valence electrons. The van der Waals surface area contributed by atoms with Gasteiger partial charge in [-0.05, 0) is 24.3 Å². The van der Waals surface area contributed by atoms with Gasteiger partial charge < -0.3 is 19.5 Å². The summed E-state index contributed by atoms with van der Waals surface area (Å²) in [4.78, 5) is 23.8. The molecule has 0 aliphatic carbocycles. The van der Waals surface area contributed by atoms with E-state index in [1.54, 1.807) is 48.5 Å². The highest BCUT2D eigenvalue weighted by atomic mass is 35.5. The van der Waals surface area contributed by atoms with Crippen molar-refractivity contribution >= 4 is 29.2 Å². The molecule has 1 N–H and O–H groups in total. The Morgan fingerprint density at radius 3 is 2.62 bits per heavy atom. The highest BCUT2D eigenvalue weighted by Crippen LogP contribution is 2.31. The third-order valence-corrected chi connectivity index (χ3v) is 3.59. The summed E-state index contributed by atoms with van der Waals surface area (Å²) >= 11 is 5.94. The van der Waals surface area contributed by atoms with Crippen LogP contribution in [0.3, 0.4) is 0 Å². The summed E-state index contributed by atoms with van der Waals surface area (Å²) in [5.41, 5.74) is 0.450. The average Bonchev–Trinajstić information content (AvgIpc) is 2.61. The molecule has 1 aliphatic rings. The van der Waals surface area contributed by atoms with Crippen molar-refractivity contribution in [3.05, 3.63) is 53.6 Å². The van der Waals surface area contributed by atoms with Gasteiger partial charge in [0.2, 0.25) is 6.10 Å². The van der Waals surface area contributed by atoms with Crippen LogP contribution in [0.15, 0.2) is 48.5 Å². The van der Waals surface area contributed by atoms with Crippen LogP contribution in [0.2, 0.25) is 5.02 Å². The molecule has 24 heavy (non-hydrogen) atoms. The van der Waals surface area contributed by atoms with E-state index < -0.39 is 24.6 Å². The lowest BCUT2D eigenvalue weighted by Crippen LogP contribution is -2.39. The van der Waals surface area contributed by atoms with E-state index in [0.717, 1.165) is 0 Å². The highest BCUT2D eigenvalue weighted by molar-refractivity contribution is 6.33. The van der Waals surface area contributed by atoms with Crippen molar-refractivity contribution in [3.8, 4) is 11.5 Å². The molecule has 0 saturated heterocycles. The molecule has 2 aromatic rings. The monoisotopic (exact) mass is 347 g/mol. The first-order valence-electron chi connectivity index (χ1n) is 7.23. The molecule has 0 spiro atoms. The van der Waals surface area contributed by atoms with E-state index in [1.165, 1.54) is 0 Å². The number of rotatable bonds is 4. The minimum absolute atomic E-state index is 0.0297. The molecule has 6 nitrogen and oxygen atoms in total. The molecule has 1 amide bonds. The SMILES string of the molecule is O=C(COC(=O)[C@H]1COc2ccccc2O1)Nc1ccccc1Cl. The van der Waals surface area contributed by atoms with E-state index in [1.807, 2.05) is 0 Å². The molecule has 0 bridgehead atoms. The molecule has 1 aliphatic heterocycles. The standard InChI is InChI=1S/C17H14ClNO5/c18-11-5-1-2-6-12(11)19-16(20)10-23-17(21)15-9-22-13-7-3-4-8-14(13)24-15/h1-8,15H,9-10H2,(H,19,20)/t15-/m1/s1. The summed E-state index contributed by atoms with van der Waals surface area (Å²) in [5, 5.41) is 2.96. The summed E-state index contributed by atoms with van der Waals surface area (Å²) in [6, 6.07) is 13.8. The van der Waals surface area contributed by atoms with Gasteiger partial charge in [0.1, 0.15) is 6.61 Å². The summed E-state index contributed by atoms with van der Waals surface area (Å²) < 4.78 is 15.9. The molecule has 1 atom stereocenters. The normalized spacial score (nSPS) is 15.5. The highest BCUT2D eigenvalue weighted by Gasteiger charge is 2.29. The van der Waals surface area contributed by atoms with E-state index in [9.17, 15) is 9.59 Å². The van der Waals surface area contributed by atoms with E-state index in [2.05, 4.69) is 5.32 Å². The fourth-order valence-corrected chi connectivity index (χ4v) is 2.30. The smallest absolute Gasteiger partial charge is 0.351 e. The van der Waals surface area contributed by atoms with Gasteiger partial charge in [0, 0.05) is 0 Å². The minimum atomic E-state index is -0.909. The van der Waals surface area contributed by atoms with Crippen LogP contribution < -0.4 is 14.8 Å². The number of anilines is 1. The van der Waals surface area contributed by atoms with E-state index in [0.29, 0.717) is 22.2 Å². The zero-order chi connectivity index (χ0) is 16.9. The third kappa shape index (κ3) is 3.78. The Balaban J connectivity index is 1.51. The van der Waals surface area contributed by atoms with Gasteiger partial charge >= 0.3 is 5.97 Å². The lowest BCUT2D eigenvalue weighted by molar-refractivity contribution is -0.156. The van der Waals surface area contributed by atoms with Crippen LogP contribution >= 0.6 is 11.6 Å². The predicted octanol–water partition coefficient (Wildman–Crippen LogP) is 2.66. The van der Waals surface area contributed by atoms with Crippen LogP contribution in [-0.2, 0) is 14.3 Å². The summed E-state index contributed by atoms with van der Waals surface area (Å²) in [5.74, 6) is -0.128. The topological polar surface area (TPSA) is 73.9 Å². The first-order valence-corrected chi connectivity index (χ1v) is 7.61. The minimum Gasteiger partial charge on any atom is -0.485 e. The molecule has 7 heteroatoms. The number of carbonyl (C=O) groups excluding carboxylic acids is 2. The number of carbonyl (C=O) groups is 2. The number of hydrogen-bond acceptors (Lipinski definition) is 5. The fourth-order valence-electron chi connectivity index (χ4n) is 2.11. The molecule has 0 fully saturated rings. The second-order valence-corrected chi connectivity index (χ2v) is 5.41. The van der Waals surface area contributed by atoms with E-state index >= 15 is 0 Å². The fraction of sp³-hybridized carbons (Fsp3) is 0.176. The van der Waals surface area contributed by atoms with Crippen LogP contribution in [0.1, 0.15) is 0 Å². The van der Waals surface area contributed by atoms with Crippen LogP contribution in [-0.4, -0.2) is 31.2 Å². The number of para-hydroxylation sites is 3. The molecule has 0 unspecified atom stereocenters. The maximum Gasteiger partial charge on any atom is 0.351 e. The molecule has 0 aromatic heterocycles. The Hall–Kier alpha value is -2.73. The number of benzene rings is 2. The maximum absolute atomic E-state index is 12.0. The maximum atomic E-state index is 12.0. The molecule has 3 rings (SSSR count). The third-order valence-electron chi connectivity index (χ3n) is 3.26. The van der Waals surface area contributed by atoms with Crippen LogP contribution in [0.25, 0.3) is 0 Å². The summed E-state index contributed by atoms with van der Waals surface area (Å²) in [6.45, 7) is -0.409. The predicted molar refractivity (Wildman–Crippen MR) is 87.4 cm³/mol. The number of halogens is 1. The zero-order valence-corrected chi connectivity index (χ0v) is 13.3. The summed E-state index contributed by atoms with van der Waals surface area (Å²) in [7, 11) is 0. The second-order valence-electron chi connectivity index (χ2n) is 5.00. The Morgan fingerprint density at radius 1 is 1.12 bits per heavy atom. The Kier molecular flexibility index (Phi) is 4.86. The second kappa shape index (κ2) is 7.23.